The summed E-state index contributed by atoms with van der Waals surface area (Å²) < 4.78 is 24.7. The van der Waals surface area contributed by atoms with E-state index in [0.29, 0.717) is 22.0 Å². The molecule has 4 nitrogen and oxygen atoms in total. The van der Waals surface area contributed by atoms with Gasteiger partial charge in [0, 0.05) is 22.7 Å². The Balaban J connectivity index is 2.06. The van der Waals surface area contributed by atoms with Gasteiger partial charge in [0.1, 0.15) is 0 Å². The topological polar surface area (TPSA) is 58.2 Å². The van der Waals surface area contributed by atoms with E-state index in [1.165, 1.54) is 0 Å². The van der Waals surface area contributed by atoms with E-state index in [2.05, 4.69) is 17.0 Å². The number of rotatable bonds is 4. The van der Waals surface area contributed by atoms with Crippen LogP contribution in [0.15, 0.2) is 18.2 Å². The predicted molar refractivity (Wildman–Crippen MR) is 83.9 cm³/mol. The van der Waals surface area contributed by atoms with Crippen LogP contribution in [0.1, 0.15) is 13.3 Å². The van der Waals surface area contributed by atoms with Crippen molar-refractivity contribution in [3.63, 3.8) is 0 Å². The van der Waals surface area contributed by atoms with Crippen LogP contribution in [0.4, 0.5) is 11.4 Å². The molecule has 1 aliphatic heterocycles. The molecule has 19 heavy (non-hydrogen) atoms. The van der Waals surface area contributed by atoms with Crippen LogP contribution in [0.5, 0.6) is 0 Å². The molecule has 2 N–H and O–H groups in total. The van der Waals surface area contributed by atoms with E-state index < -0.39 is 10.0 Å². The molecule has 0 radical (unpaired) electrons. The van der Waals surface area contributed by atoms with E-state index in [1.807, 2.05) is 17.8 Å². The monoisotopic (exact) mass is 320 g/mol. The number of thioether (sulfide) groups is 1. The summed E-state index contributed by atoms with van der Waals surface area (Å²) in [5.74, 6) is 1.09. The van der Waals surface area contributed by atoms with Crippen molar-refractivity contribution in [3.05, 3.63) is 23.2 Å². The van der Waals surface area contributed by atoms with Gasteiger partial charge in [-0.25, -0.2) is 8.42 Å². The first-order chi connectivity index (χ1) is 8.83. The molecule has 2 atom stereocenters. The van der Waals surface area contributed by atoms with Gasteiger partial charge in [0.05, 0.1) is 17.0 Å². The van der Waals surface area contributed by atoms with E-state index in [9.17, 15) is 8.42 Å². The Morgan fingerprint density at radius 3 is 2.68 bits per heavy atom. The third-order valence-electron chi connectivity index (χ3n) is 2.83. The fraction of sp³-hybridized carbons (Fsp3) is 0.500. The second kappa shape index (κ2) is 5.81. The Labute approximate surface area is 123 Å². The Morgan fingerprint density at radius 1 is 1.42 bits per heavy atom. The maximum absolute atomic E-state index is 11.2. The highest BCUT2D eigenvalue weighted by Crippen LogP contribution is 2.31. The van der Waals surface area contributed by atoms with Crippen molar-refractivity contribution < 1.29 is 8.42 Å². The summed E-state index contributed by atoms with van der Waals surface area (Å²) in [4.78, 5) is 0. The molecule has 2 rings (SSSR count). The van der Waals surface area contributed by atoms with Crippen molar-refractivity contribution >= 4 is 44.8 Å². The normalized spacial score (nSPS) is 23.3. The molecule has 1 aromatic carbocycles. The summed E-state index contributed by atoms with van der Waals surface area (Å²) in [6, 6.07) is 5.72. The largest absolute Gasteiger partial charge is 0.381 e. The average molecular weight is 321 g/mol. The maximum atomic E-state index is 11.2. The molecular formula is C12H17ClN2O2S2. The molecule has 1 fully saturated rings. The third kappa shape index (κ3) is 4.47. The number of benzene rings is 1. The van der Waals surface area contributed by atoms with Crippen LogP contribution in [0, 0.1) is 0 Å². The highest BCUT2D eigenvalue weighted by molar-refractivity contribution is 8.00. The zero-order valence-electron chi connectivity index (χ0n) is 10.8. The molecular weight excluding hydrogens is 304 g/mol. The zero-order valence-corrected chi connectivity index (χ0v) is 13.2. The Morgan fingerprint density at radius 2 is 2.16 bits per heavy atom. The van der Waals surface area contributed by atoms with Crippen LogP contribution in [0.2, 0.25) is 5.02 Å². The van der Waals surface area contributed by atoms with Crippen LogP contribution in [-0.4, -0.2) is 31.7 Å². The van der Waals surface area contributed by atoms with Crippen molar-refractivity contribution in [2.45, 2.75) is 24.6 Å². The van der Waals surface area contributed by atoms with Crippen molar-refractivity contribution in [2.75, 3.05) is 22.0 Å². The van der Waals surface area contributed by atoms with Crippen molar-refractivity contribution in [3.8, 4) is 0 Å². The number of hydrogen-bond acceptors (Lipinski definition) is 4. The van der Waals surface area contributed by atoms with Gasteiger partial charge in [0.15, 0.2) is 0 Å². The molecule has 106 valence electrons. The first-order valence-corrected chi connectivity index (χ1v) is 9.31. The van der Waals surface area contributed by atoms with Gasteiger partial charge < -0.3 is 5.32 Å². The molecule has 0 aromatic heterocycles. The highest BCUT2D eigenvalue weighted by Gasteiger charge is 2.21. The molecule has 0 amide bonds. The van der Waals surface area contributed by atoms with Crippen LogP contribution in [0.25, 0.3) is 0 Å². The van der Waals surface area contributed by atoms with Gasteiger partial charge in [-0.05, 0) is 24.6 Å². The molecule has 1 saturated heterocycles. The summed E-state index contributed by atoms with van der Waals surface area (Å²) in [5, 5.41) is 4.50. The van der Waals surface area contributed by atoms with E-state index in [4.69, 9.17) is 11.6 Å². The Kier molecular flexibility index (Phi) is 4.53. The first-order valence-electron chi connectivity index (χ1n) is 5.99. The minimum atomic E-state index is -3.30. The number of anilines is 2. The lowest BCUT2D eigenvalue weighted by Crippen LogP contribution is -2.19. The molecule has 7 heteroatoms. The first kappa shape index (κ1) is 14.8. The van der Waals surface area contributed by atoms with Crippen LogP contribution in [0.3, 0.4) is 0 Å². The summed E-state index contributed by atoms with van der Waals surface area (Å²) >= 11 is 8.03. The fourth-order valence-corrected chi connectivity index (χ4v) is 4.05. The summed E-state index contributed by atoms with van der Waals surface area (Å²) in [7, 11) is -3.30. The molecule has 1 aromatic rings. The predicted octanol–water partition coefficient (Wildman–Crippen LogP) is 3.02. The number of hydrogen-bond donors (Lipinski definition) is 2. The summed E-state index contributed by atoms with van der Waals surface area (Å²) in [6.07, 6.45) is 2.23. The lowest BCUT2D eigenvalue weighted by atomic mass is 10.2. The zero-order chi connectivity index (χ0) is 14.0. The second-order valence-corrected chi connectivity index (χ2v) is 8.42. The lowest BCUT2D eigenvalue weighted by molar-refractivity contribution is 0.607. The SMILES string of the molecule is CC1CC(Nc2ccc(NS(C)(=O)=O)c(Cl)c2)CS1. The molecule has 1 aliphatic rings. The minimum absolute atomic E-state index is 0.397. The number of sulfonamides is 1. The molecule has 2 unspecified atom stereocenters. The average Bonchev–Trinajstić information content (AvgIpc) is 2.66. The fourth-order valence-electron chi connectivity index (χ4n) is 2.04. The van der Waals surface area contributed by atoms with Gasteiger partial charge in [0.2, 0.25) is 10.0 Å². The van der Waals surface area contributed by atoms with Gasteiger partial charge in [0.25, 0.3) is 0 Å². The Bertz CT molecular complexity index is 563. The van der Waals surface area contributed by atoms with Crippen LogP contribution < -0.4 is 10.0 Å². The lowest BCUT2D eigenvalue weighted by Gasteiger charge is -2.15. The number of halogens is 1. The van der Waals surface area contributed by atoms with Gasteiger partial charge in [-0.2, -0.15) is 11.8 Å². The van der Waals surface area contributed by atoms with E-state index in [1.54, 1.807) is 12.1 Å². The van der Waals surface area contributed by atoms with Gasteiger partial charge in [-0.3, -0.25) is 4.72 Å². The maximum Gasteiger partial charge on any atom is 0.229 e. The van der Waals surface area contributed by atoms with E-state index in [0.717, 1.165) is 24.1 Å². The second-order valence-electron chi connectivity index (χ2n) is 4.79. The van der Waals surface area contributed by atoms with Gasteiger partial charge in [-0.1, -0.05) is 18.5 Å². The summed E-state index contributed by atoms with van der Waals surface area (Å²) in [6.45, 7) is 2.22. The molecule has 0 spiro atoms. The van der Waals surface area contributed by atoms with Gasteiger partial charge >= 0.3 is 0 Å². The number of nitrogens with one attached hydrogen (secondary N) is 2. The molecule has 0 aliphatic carbocycles. The molecule has 0 bridgehead atoms. The van der Waals surface area contributed by atoms with Crippen molar-refractivity contribution in [1.29, 1.82) is 0 Å². The van der Waals surface area contributed by atoms with Gasteiger partial charge in [-0.15, -0.1) is 0 Å². The van der Waals surface area contributed by atoms with E-state index in [-0.39, 0.29) is 0 Å². The minimum Gasteiger partial charge on any atom is -0.381 e. The standard InChI is InChI=1S/C12H17ClN2O2S2/c1-8-5-10(7-18-8)14-9-3-4-12(11(13)6-9)15-19(2,16)17/h3-4,6,8,10,14-15H,5,7H2,1-2H3. The van der Waals surface area contributed by atoms with Crippen molar-refractivity contribution in [2.24, 2.45) is 0 Å². The van der Waals surface area contributed by atoms with Crippen molar-refractivity contribution in [1.82, 2.24) is 0 Å². The van der Waals surface area contributed by atoms with Crippen LogP contribution >= 0.6 is 23.4 Å². The molecule has 1 heterocycles. The smallest absolute Gasteiger partial charge is 0.229 e. The summed E-state index contributed by atoms with van der Waals surface area (Å²) in [5.41, 5.74) is 1.33. The van der Waals surface area contributed by atoms with E-state index >= 15 is 0 Å². The highest BCUT2D eigenvalue weighted by atomic mass is 35.5. The quantitative estimate of drug-likeness (QED) is 0.895. The third-order valence-corrected chi connectivity index (χ3v) is 5.09. The van der Waals surface area contributed by atoms with Crippen LogP contribution in [-0.2, 0) is 10.0 Å². The molecule has 0 saturated carbocycles. The Hall–Kier alpha value is -0.590.